The molecule has 1 atom stereocenters. The lowest BCUT2D eigenvalue weighted by atomic mass is 9.68. The van der Waals surface area contributed by atoms with Gasteiger partial charge in [-0.15, -0.1) is 0 Å². The molecule has 2 heterocycles. The molecule has 2 aliphatic rings. The van der Waals surface area contributed by atoms with Crippen LogP contribution >= 0.6 is 0 Å². The van der Waals surface area contributed by atoms with Crippen molar-refractivity contribution in [2.75, 3.05) is 12.4 Å². The van der Waals surface area contributed by atoms with Crippen LogP contribution in [0.5, 0.6) is 5.75 Å². The quantitative estimate of drug-likeness (QED) is 0.639. The van der Waals surface area contributed by atoms with Crippen molar-refractivity contribution < 1.29 is 9.53 Å². The van der Waals surface area contributed by atoms with Crippen molar-refractivity contribution in [1.29, 1.82) is 0 Å². The SMILES string of the molecule is COc1ccccc1C1C2=C(CC(C)(C)CC2=O)Nc2ccc3ncccc3c21. The van der Waals surface area contributed by atoms with Crippen molar-refractivity contribution in [3.8, 4) is 5.75 Å². The highest BCUT2D eigenvalue weighted by molar-refractivity contribution is 6.04. The summed E-state index contributed by atoms with van der Waals surface area (Å²) in [5.41, 5.74) is 5.97. The van der Waals surface area contributed by atoms with Crippen LogP contribution in [0.15, 0.2) is 66.0 Å². The van der Waals surface area contributed by atoms with Crippen LogP contribution in [0.2, 0.25) is 0 Å². The number of para-hydroxylation sites is 1. The number of rotatable bonds is 2. The van der Waals surface area contributed by atoms with Crippen LogP contribution in [0, 0.1) is 5.41 Å². The first kappa shape index (κ1) is 17.9. The average molecular weight is 384 g/mol. The van der Waals surface area contributed by atoms with Gasteiger partial charge in [0.1, 0.15) is 5.75 Å². The molecule has 0 saturated carbocycles. The van der Waals surface area contributed by atoms with E-state index < -0.39 is 0 Å². The Bertz CT molecular complexity index is 1180. The minimum absolute atomic E-state index is 0.0514. The molecule has 0 saturated heterocycles. The molecule has 0 fully saturated rings. The number of pyridine rings is 1. The van der Waals surface area contributed by atoms with Gasteiger partial charge in [0.05, 0.1) is 12.6 Å². The van der Waals surface area contributed by atoms with Crippen molar-refractivity contribution in [2.24, 2.45) is 5.41 Å². The minimum Gasteiger partial charge on any atom is -0.496 e. The van der Waals surface area contributed by atoms with Gasteiger partial charge in [-0.25, -0.2) is 0 Å². The van der Waals surface area contributed by atoms with Crippen LogP contribution in [0.3, 0.4) is 0 Å². The molecule has 0 radical (unpaired) electrons. The summed E-state index contributed by atoms with van der Waals surface area (Å²) in [6.07, 6.45) is 3.21. The smallest absolute Gasteiger partial charge is 0.162 e. The van der Waals surface area contributed by atoms with Crippen molar-refractivity contribution >= 4 is 22.4 Å². The zero-order chi connectivity index (χ0) is 20.2. The molecular formula is C25H24N2O2. The molecule has 4 heteroatoms. The second kappa shape index (κ2) is 6.45. The molecule has 1 aromatic heterocycles. The summed E-state index contributed by atoms with van der Waals surface area (Å²) in [4.78, 5) is 18.0. The molecule has 3 aromatic rings. The maximum atomic E-state index is 13.4. The number of allylic oxidation sites excluding steroid dienone is 2. The third-order valence-corrected chi connectivity index (χ3v) is 6.06. The Morgan fingerprint density at radius 3 is 2.72 bits per heavy atom. The number of hydrogen-bond donors (Lipinski definition) is 1. The first-order chi connectivity index (χ1) is 14.0. The normalized spacial score (nSPS) is 20.1. The first-order valence-electron chi connectivity index (χ1n) is 10.0. The Morgan fingerprint density at radius 1 is 1.07 bits per heavy atom. The van der Waals surface area contributed by atoms with Crippen LogP contribution < -0.4 is 10.1 Å². The van der Waals surface area contributed by atoms with Gasteiger partial charge in [-0.2, -0.15) is 0 Å². The fourth-order valence-electron chi connectivity index (χ4n) is 4.90. The molecule has 1 N–H and O–H groups in total. The molecule has 2 aromatic carbocycles. The highest BCUT2D eigenvalue weighted by Gasteiger charge is 2.42. The third-order valence-electron chi connectivity index (χ3n) is 6.06. The maximum absolute atomic E-state index is 13.4. The summed E-state index contributed by atoms with van der Waals surface area (Å²) in [5, 5.41) is 4.67. The van der Waals surface area contributed by atoms with Gasteiger partial charge in [-0.05, 0) is 41.7 Å². The van der Waals surface area contributed by atoms with E-state index in [2.05, 4.69) is 42.3 Å². The summed E-state index contributed by atoms with van der Waals surface area (Å²) in [6.45, 7) is 4.32. The van der Waals surface area contributed by atoms with Crippen molar-refractivity contribution in [1.82, 2.24) is 4.98 Å². The predicted molar refractivity (Wildman–Crippen MR) is 115 cm³/mol. The Hall–Kier alpha value is -3.14. The second-order valence-electron chi connectivity index (χ2n) is 8.73. The standard InChI is InChI=1S/C25H24N2O2/c1-25(2)13-19-24(20(28)14-25)23(16-7-4-5-9-21(16)29-3)22-15-8-6-12-26-17(15)10-11-18(22)27-19/h4-12,23,27H,13-14H2,1-3H3. The molecular weight excluding hydrogens is 360 g/mol. The van der Waals surface area contributed by atoms with Gasteiger partial charge in [-0.1, -0.05) is 38.1 Å². The number of benzene rings is 2. The molecule has 0 spiro atoms. The van der Waals surface area contributed by atoms with E-state index in [4.69, 9.17) is 4.74 Å². The monoisotopic (exact) mass is 384 g/mol. The number of ketones is 1. The van der Waals surface area contributed by atoms with E-state index in [0.29, 0.717) is 6.42 Å². The topological polar surface area (TPSA) is 51.2 Å². The van der Waals surface area contributed by atoms with Gasteiger partial charge >= 0.3 is 0 Å². The largest absolute Gasteiger partial charge is 0.496 e. The Kier molecular flexibility index (Phi) is 3.98. The third kappa shape index (κ3) is 2.82. The van der Waals surface area contributed by atoms with Crippen LogP contribution in [0.1, 0.15) is 43.7 Å². The summed E-state index contributed by atoms with van der Waals surface area (Å²) in [5.74, 6) is 0.843. The Labute approximate surface area is 170 Å². The zero-order valence-electron chi connectivity index (χ0n) is 17.0. The van der Waals surface area contributed by atoms with Gasteiger partial charge in [0, 0.05) is 46.4 Å². The van der Waals surface area contributed by atoms with Crippen LogP contribution in [0.25, 0.3) is 10.9 Å². The molecule has 0 bridgehead atoms. The summed E-state index contributed by atoms with van der Waals surface area (Å²) in [6, 6.07) is 16.2. The number of Topliss-reactive ketones (excluding diaryl/α,β-unsaturated/α-hetero) is 1. The lowest BCUT2D eigenvalue weighted by Crippen LogP contribution is -2.34. The molecule has 146 valence electrons. The predicted octanol–water partition coefficient (Wildman–Crippen LogP) is 5.44. The number of carbonyl (C=O) groups excluding carboxylic acids is 1. The summed E-state index contributed by atoms with van der Waals surface area (Å²) < 4.78 is 5.71. The number of hydrogen-bond acceptors (Lipinski definition) is 4. The number of fused-ring (bicyclic) bond motifs is 3. The van der Waals surface area contributed by atoms with Crippen LogP contribution in [0.4, 0.5) is 5.69 Å². The van der Waals surface area contributed by atoms with Gasteiger partial charge in [0.15, 0.2) is 5.78 Å². The fraction of sp³-hybridized carbons (Fsp3) is 0.280. The Morgan fingerprint density at radius 2 is 1.90 bits per heavy atom. The molecule has 1 aliphatic carbocycles. The fourth-order valence-corrected chi connectivity index (χ4v) is 4.90. The Balaban J connectivity index is 1.84. The zero-order valence-corrected chi connectivity index (χ0v) is 17.0. The highest BCUT2D eigenvalue weighted by atomic mass is 16.5. The second-order valence-corrected chi connectivity index (χ2v) is 8.73. The van der Waals surface area contributed by atoms with E-state index in [1.165, 1.54) is 0 Å². The molecule has 4 nitrogen and oxygen atoms in total. The van der Waals surface area contributed by atoms with Crippen LogP contribution in [-0.4, -0.2) is 17.9 Å². The number of carbonyl (C=O) groups is 1. The molecule has 5 rings (SSSR count). The van der Waals surface area contributed by atoms with E-state index in [9.17, 15) is 4.79 Å². The van der Waals surface area contributed by atoms with Crippen LogP contribution in [-0.2, 0) is 4.79 Å². The van der Waals surface area contributed by atoms with E-state index in [1.54, 1.807) is 7.11 Å². The van der Waals surface area contributed by atoms with E-state index in [1.807, 2.05) is 36.5 Å². The van der Waals surface area contributed by atoms with E-state index in [0.717, 1.165) is 51.2 Å². The maximum Gasteiger partial charge on any atom is 0.162 e. The van der Waals surface area contributed by atoms with Gasteiger partial charge < -0.3 is 10.1 Å². The summed E-state index contributed by atoms with van der Waals surface area (Å²) in [7, 11) is 1.69. The first-order valence-corrected chi connectivity index (χ1v) is 10.0. The average Bonchev–Trinajstić information content (AvgIpc) is 2.71. The number of methoxy groups -OCH3 is 1. The van der Waals surface area contributed by atoms with E-state index in [-0.39, 0.29) is 17.1 Å². The number of ether oxygens (including phenoxy) is 1. The lowest BCUT2D eigenvalue weighted by Gasteiger charge is -2.40. The molecule has 1 aliphatic heterocycles. The van der Waals surface area contributed by atoms with Crippen molar-refractivity contribution in [3.63, 3.8) is 0 Å². The van der Waals surface area contributed by atoms with E-state index >= 15 is 0 Å². The lowest BCUT2D eigenvalue weighted by molar-refractivity contribution is -0.118. The molecule has 1 unspecified atom stereocenters. The highest BCUT2D eigenvalue weighted by Crippen LogP contribution is 2.52. The number of nitrogens with one attached hydrogen (secondary N) is 1. The van der Waals surface area contributed by atoms with Gasteiger partial charge in [0.25, 0.3) is 0 Å². The van der Waals surface area contributed by atoms with Crippen molar-refractivity contribution in [2.45, 2.75) is 32.6 Å². The summed E-state index contributed by atoms with van der Waals surface area (Å²) >= 11 is 0. The number of anilines is 1. The number of nitrogens with zero attached hydrogens (tertiary/aromatic N) is 1. The van der Waals surface area contributed by atoms with Gasteiger partial charge in [-0.3, -0.25) is 9.78 Å². The van der Waals surface area contributed by atoms with Gasteiger partial charge in [0.2, 0.25) is 0 Å². The number of aromatic nitrogens is 1. The molecule has 0 amide bonds. The molecule has 29 heavy (non-hydrogen) atoms. The minimum atomic E-state index is -0.172. The van der Waals surface area contributed by atoms with Crippen molar-refractivity contribution in [3.05, 3.63) is 77.1 Å².